The Hall–Kier alpha value is -2.66. The van der Waals surface area contributed by atoms with Gasteiger partial charge in [0.1, 0.15) is 6.04 Å². The highest BCUT2D eigenvalue weighted by Gasteiger charge is 2.27. The lowest BCUT2D eigenvalue weighted by molar-refractivity contribution is -0.133. The lowest BCUT2D eigenvalue weighted by atomic mass is 10.0. The molecular weight excluding hydrogens is 338 g/mol. The zero-order valence-electron chi connectivity index (χ0n) is 15.8. The van der Waals surface area contributed by atoms with Gasteiger partial charge < -0.3 is 15.1 Å². The Kier molecular flexibility index (Phi) is 6.60. The van der Waals surface area contributed by atoms with Crippen LogP contribution < -0.4 is 5.32 Å². The Labute approximate surface area is 161 Å². The summed E-state index contributed by atoms with van der Waals surface area (Å²) in [6, 6.07) is 18.3. The van der Waals surface area contributed by atoms with Crippen LogP contribution in [0.4, 0.5) is 0 Å². The third-order valence-electron chi connectivity index (χ3n) is 4.95. The average Bonchev–Trinajstić information content (AvgIpc) is 2.93. The van der Waals surface area contributed by atoms with Gasteiger partial charge in [-0.1, -0.05) is 48.5 Å². The summed E-state index contributed by atoms with van der Waals surface area (Å²) in [5.74, 6) is -0.213. The maximum absolute atomic E-state index is 13.2. The molecule has 1 saturated heterocycles. The van der Waals surface area contributed by atoms with E-state index >= 15 is 0 Å². The van der Waals surface area contributed by atoms with Gasteiger partial charge in [-0.3, -0.25) is 9.59 Å². The number of hydrogen-bond acceptors (Lipinski definition) is 3. The second-order valence-electron chi connectivity index (χ2n) is 7.06. The van der Waals surface area contributed by atoms with Gasteiger partial charge in [0.2, 0.25) is 5.91 Å². The summed E-state index contributed by atoms with van der Waals surface area (Å²) in [5.41, 5.74) is 1.61. The van der Waals surface area contributed by atoms with Crippen LogP contribution in [0.2, 0.25) is 0 Å². The molecule has 142 valence electrons. The quantitative estimate of drug-likeness (QED) is 0.884. The molecule has 5 nitrogen and oxygen atoms in total. The largest absolute Gasteiger partial charge is 0.340 e. The van der Waals surface area contributed by atoms with Crippen LogP contribution >= 0.6 is 0 Å². The number of rotatable bonds is 5. The van der Waals surface area contributed by atoms with Gasteiger partial charge >= 0.3 is 0 Å². The van der Waals surface area contributed by atoms with E-state index in [9.17, 15) is 9.59 Å². The first-order valence-corrected chi connectivity index (χ1v) is 9.50. The number of carbonyl (C=O) groups is 2. The van der Waals surface area contributed by atoms with E-state index in [-0.39, 0.29) is 11.8 Å². The van der Waals surface area contributed by atoms with E-state index in [1.54, 1.807) is 12.1 Å². The van der Waals surface area contributed by atoms with Crippen molar-refractivity contribution in [2.24, 2.45) is 0 Å². The van der Waals surface area contributed by atoms with Gasteiger partial charge in [-0.25, -0.2) is 0 Å². The molecule has 1 fully saturated rings. The molecule has 2 aromatic rings. The number of hydrogen-bond donors (Lipinski definition) is 1. The Bertz CT molecular complexity index is 749. The van der Waals surface area contributed by atoms with Crippen molar-refractivity contribution in [2.45, 2.75) is 18.9 Å². The molecule has 1 aliphatic rings. The maximum atomic E-state index is 13.2. The molecule has 1 heterocycles. The van der Waals surface area contributed by atoms with Crippen molar-refractivity contribution in [1.82, 2.24) is 15.1 Å². The minimum absolute atomic E-state index is 0.00145. The fraction of sp³-hybridized carbons (Fsp3) is 0.364. The SMILES string of the molecule is CN1CCCN(C(=O)C(Cc2ccccc2)NC(=O)c2ccccc2)CC1. The molecule has 0 aromatic heterocycles. The lowest BCUT2D eigenvalue weighted by Crippen LogP contribution is -2.50. The Morgan fingerprint density at radius 1 is 0.926 bits per heavy atom. The summed E-state index contributed by atoms with van der Waals surface area (Å²) in [6.07, 6.45) is 1.44. The number of carbonyl (C=O) groups excluding carboxylic acids is 2. The predicted octanol–water partition coefficient (Wildman–Crippen LogP) is 2.19. The molecule has 5 heteroatoms. The van der Waals surface area contributed by atoms with Gasteiger partial charge in [0, 0.05) is 31.6 Å². The third-order valence-corrected chi connectivity index (χ3v) is 4.95. The summed E-state index contributed by atoms with van der Waals surface area (Å²) in [6.45, 7) is 3.28. The van der Waals surface area contributed by atoms with Crippen LogP contribution in [0.5, 0.6) is 0 Å². The van der Waals surface area contributed by atoms with Gasteiger partial charge in [0.05, 0.1) is 0 Å². The smallest absolute Gasteiger partial charge is 0.251 e. The monoisotopic (exact) mass is 365 g/mol. The predicted molar refractivity (Wildman–Crippen MR) is 107 cm³/mol. The van der Waals surface area contributed by atoms with Crippen molar-refractivity contribution in [1.29, 1.82) is 0 Å². The number of nitrogens with one attached hydrogen (secondary N) is 1. The fourth-order valence-corrected chi connectivity index (χ4v) is 3.37. The highest BCUT2D eigenvalue weighted by atomic mass is 16.2. The van der Waals surface area contributed by atoms with Crippen LogP contribution in [-0.4, -0.2) is 60.9 Å². The molecule has 0 saturated carbocycles. The van der Waals surface area contributed by atoms with Crippen molar-refractivity contribution in [3.63, 3.8) is 0 Å². The molecule has 1 atom stereocenters. The second kappa shape index (κ2) is 9.33. The molecular formula is C22H27N3O2. The molecule has 27 heavy (non-hydrogen) atoms. The average molecular weight is 365 g/mol. The number of nitrogens with zero attached hydrogens (tertiary/aromatic N) is 2. The minimum Gasteiger partial charge on any atom is -0.340 e. The van der Waals surface area contributed by atoms with Crippen LogP contribution in [0.15, 0.2) is 60.7 Å². The number of benzene rings is 2. The molecule has 0 spiro atoms. The van der Waals surface area contributed by atoms with E-state index in [0.29, 0.717) is 18.5 Å². The van der Waals surface area contributed by atoms with Gasteiger partial charge in [-0.2, -0.15) is 0 Å². The summed E-state index contributed by atoms with van der Waals surface area (Å²) < 4.78 is 0. The molecule has 1 N–H and O–H groups in total. The molecule has 2 amide bonds. The summed E-state index contributed by atoms with van der Waals surface area (Å²) in [7, 11) is 2.08. The standard InChI is InChI=1S/C22H27N3O2/c1-24-13-8-14-25(16-15-24)22(27)20(17-18-9-4-2-5-10-18)23-21(26)19-11-6-3-7-12-19/h2-7,9-12,20H,8,13-17H2,1H3,(H,23,26). The highest BCUT2D eigenvalue weighted by Crippen LogP contribution is 2.10. The third kappa shape index (κ3) is 5.41. The van der Waals surface area contributed by atoms with E-state index in [0.717, 1.165) is 31.6 Å². The first kappa shape index (κ1) is 19.1. The van der Waals surface area contributed by atoms with Crippen LogP contribution in [0.3, 0.4) is 0 Å². The molecule has 0 radical (unpaired) electrons. The van der Waals surface area contributed by atoms with E-state index < -0.39 is 6.04 Å². The van der Waals surface area contributed by atoms with E-state index in [1.165, 1.54) is 0 Å². The van der Waals surface area contributed by atoms with E-state index in [2.05, 4.69) is 17.3 Å². The normalized spacial score (nSPS) is 16.4. The Balaban J connectivity index is 1.76. The van der Waals surface area contributed by atoms with Gasteiger partial charge in [-0.15, -0.1) is 0 Å². The van der Waals surface area contributed by atoms with Crippen molar-refractivity contribution in [3.05, 3.63) is 71.8 Å². The molecule has 0 bridgehead atoms. The fourth-order valence-electron chi connectivity index (χ4n) is 3.37. The van der Waals surface area contributed by atoms with Gasteiger partial charge in [-0.05, 0) is 37.7 Å². The summed E-state index contributed by atoms with van der Waals surface area (Å²) in [5, 5.41) is 2.97. The molecule has 0 aliphatic carbocycles. The van der Waals surface area contributed by atoms with Crippen LogP contribution in [0.25, 0.3) is 0 Å². The van der Waals surface area contributed by atoms with Crippen LogP contribution in [0.1, 0.15) is 22.3 Å². The van der Waals surface area contributed by atoms with Crippen molar-refractivity contribution < 1.29 is 9.59 Å². The first-order chi connectivity index (χ1) is 13.1. The van der Waals surface area contributed by atoms with Gasteiger partial charge in [0.15, 0.2) is 0 Å². The second-order valence-corrected chi connectivity index (χ2v) is 7.06. The lowest BCUT2D eigenvalue weighted by Gasteiger charge is -2.27. The van der Waals surface area contributed by atoms with E-state index in [4.69, 9.17) is 0 Å². The van der Waals surface area contributed by atoms with Crippen LogP contribution in [-0.2, 0) is 11.2 Å². The molecule has 1 aliphatic heterocycles. The first-order valence-electron chi connectivity index (χ1n) is 9.50. The molecule has 1 unspecified atom stereocenters. The number of amides is 2. The van der Waals surface area contributed by atoms with Gasteiger partial charge in [0.25, 0.3) is 5.91 Å². The van der Waals surface area contributed by atoms with Crippen molar-refractivity contribution in [2.75, 3.05) is 33.2 Å². The topological polar surface area (TPSA) is 52.6 Å². The summed E-state index contributed by atoms with van der Waals surface area (Å²) >= 11 is 0. The van der Waals surface area contributed by atoms with Crippen molar-refractivity contribution in [3.8, 4) is 0 Å². The zero-order chi connectivity index (χ0) is 19.1. The van der Waals surface area contributed by atoms with E-state index in [1.807, 2.05) is 53.4 Å². The highest BCUT2D eigenvalue weighted by molar-refractivity contribution is 5.97. The minimum atomic E-state index is -0.566. The zero-order valence-corrected chi connectivity index (χ0v) is 15.8. The van der Waals surface area contributed by atoms with Crippen molar-refractivity contribution >= 4 is 11.8 Å². The molecule has 2 aromatic carbocycles. The Morgan fingerprint density at radius 2 is 1.59 bits per heavy atom. The maximum Gasteiger partial charge on any atom is 0.251 e. The van der Waals surface area contributed by atoms with Crippen LogP contribution in [0, 0.1) is 0 Å². The molecule has 3 rings (SSSR count). The summed E-state index contributed by atoms with van der Waals surface area (Å²) in [4.78, 5) is 30.0. The number of likely N-dealkylation sites (N-methyl/N-ethyl adjacent to an activating group) is 1. The Morgan fingerprint density at radius 3 is 2.30 bits per heavy atom.